The molecule has 29 heavy (non-hydrogen) atoms. The predicted octanol–water partition coefficient (Wildman–Crippen LogP) is 3.80. The van der Waals surface area contributed by atoms with Crippen LogP contribution in [0.3, 0.4) is 0 Å². The number of nitrogens with zero attached hydrogens (tertiary/aromatic N) is 1. The molecule has 156 valence electrons. The second-order valence-electron chi connectivity index (χ2n) is 7.59. The smallest absolute Gasteiger partial charge is 0.243 e. The lowest BCUT2D eigenvalue weighted by molar-refractivity contribution is -0.122. The van der Waals surface area contributed by atoms with Crippen LogP contribution in [0.1, 0.15) is 30.4 Å². The summed E-state index contributed by atoms with van der Waals surface area (Å²) in [6.45, 7) is 3.43. The number of carbonyl (C=O) groups excluding carboxylic acids is 1. The summed E-state index contributed by atoms with van der Waals surface area (Å²) in [5.74, 6) is 0.244. The molecule has 1 amide bonds. The Balaban J connectivity index is 1.42. The Hall–Kier alpha value is -1.89. The summed E-state index contributed by atoms with van der Waals surface area (Å²) in [7, 11) is -3.46. The molecule has 5 nitrogen and oxygen atoms in total. The molecule has 3 rings (SSSR count). The fourth-order valence-electron chi connectivity index (χ4n) is 3.54. The fourth-order valence-corrected chi connectivity index (χ4v) is 5.14. The summed E-state index contributed by atoms with van der Waals surface area (Å²) in [4.78, 5) is 12.6. The molecule has 0 saturated carbocycles. The van der Waals surface area contributed by atoms with Crippen molar-refractivity contribution in [2.75, 3.05) is 19.6 Å². The van der Waals surface area contributed by atoms with Crippen LogP contribution in [0.15, 0.2) is 53.4 Å². The molecule has 0 radical (unpaired) electrons. The first-order valence-corrected chi connectivity index (χ1v) is 11.7. The average Bonchev–Trinajstić information content (AvgIpc) is 2.70. The van der Waals surface area contributed by atoms with Gasteiger partial charge in [-0.2, -0.15) is 4.31 Å². The topological polar surface area (TPSA) is 66.5 Å². The molecule has 1 aliphatic heterocycles. The van der Waals surface area contributed by atoms with Crippen LogP contribution in [-0.4, -0.2) is 38.3 Å². The number of amides is 1. The van der Waals surface area contributed by atoms with E-state index in [1.54, 1.807) is 12.1 Å². The molecule has 1 N–H and O–H groups in total. The van der Waals surface area contributed by atoms with Gasteiger partial charge in [0.2, 0.25) is 15.9 Å². The number of benzene rings is 2. The van der Waals surface area contributed by atoms with Crippen LogP contribution < -0.4 is 5.32 Å². The van der Waals surface area contributed by atoms with Crippen molar-refractivity contribution in [3.63, 3.8) is 0 Å². The second kappa shape index (κ2) is 9.74. The summed E-state index contributed by atoms with van der Waals surface area (Å²) >= 11 is 5.87. The largest absolute Gasteiger partial charge is 0.356 e. The van der Waals surface area contributed by atoms with E-state index in [1.165, 1.54) is 4.31 Å². The van der Waals surface area contributed by atoms with Crippen molar-refractivity contribution in [3.05, 3.63) is 64.7 Å². The first-order valence-electron chi connectivity index (χ1n) is 9.92. The Labute approximate surface area is 178 Å². The standard InChI is InChI=1S/C22H27ClN2O3S/c1-17-2-8-21(9-3-17)29(27,28)25-14-11-19(12-15-25)16-22(26)24-13-10-18-4-6-20(23)7-5-18/h2-9,19H,10-16H2,1H3,(H,24,26). The van der Waals surface area contributed by atoms with Crippen LogP contribution in [0, 0.1) is 12.8 Å². The van der Waals surface area contributed by atoms with Crippen LogP contribution in [0.5, 0.6) is 0 Å². The van der Waals surface area contributed by atoms with Crippen molar-refractivity contribution in [2.45, 2.75) is 37.5 Å². The van der Waals surface area contributed by atoms with Gasteiger partial charge in [0.15, 0.2) is 0 Å². The molecule has 0 aliphatic carbocycles. The number of hydrogen-bond acceptors (Lipinski definition) is 3. The van der Waals surface area contributed by atoms with Gasteiger partial charge >= 0.3 is 0 Å². The SMILES string of the molecule is Cc1ccc(S(=O)(=O)N2CCC(CC(=O)NCCc3ccc(Cl)cc3)CC2)cc1. The Morgan fingerprint density at radius 2 is 1.69 bits per heavy atom. The highest BCUT2D eigenvalue weighted by Crippen LogP contribution is 2.25. The number of rotatable bonds is 7. The maximum absolute atomic E-state index is 12.8. The summed E-state index contributed by atoms with van der Waals surface area (Å²) in [6, 6.07) is 14.5. The summed E-state index contributed by atoms with van der Waals surface area (Å²) in [5, 5.41) is 3.66. The highest BCUT2D eigenvalue weighted by molar-refractivity contribution is 7.89. The van der Waals surface area contributed by atoms with Crippen LogP contribution >= 0.6 is 11.6 Å². The Kier molecular flexibility index (Phi) is 7.33. The highest BCUT2D eigenvalue weighted by atomic mass is 35.5. The van der Waals surface area contributed by atoms with Crippen LogP contribution in [-0.2, 0) is 21.2 Å². The Morgan fingerprint density at radius 1 is 1.07 bits per heavy atom. The van der Waals surface area contributed by atoms with E-state index < -0.39 is 10.0 Å². The molecular weight excluding hydrogens is 408 g/mol. The minimum absolute atomic E-state index is 0.0267. The van der Waals surface area contributed by atoms with E-state index in [2.05, 4.69) is 5.32 Å². The molecular formula is C22H27ClN2O3S. The van der Waals surface area contributed by atoms with Gasteiger partial charge in [0.25, 0.3) is 0 Å². The van der Waals surface area contributed by atoms with Crippen LogP contribution in [0.2, 0.25) is 5.02 Å². The lowest BCUT2D eigenvalue weighted by Crippen LogP contribution is -2.39. The van der Waals surface area contributed by atoms with Gasteiger partial charge in [-0.15, -0.1) is 0 Å². The van der Waals surface area contributed by atoms with Crippen LogP contribution in [0.25, 0.3) is 0 Å². The zero-order valence-electron chi connectivity index (χ0n) is 16.6. The lowest BCUT2D eigenvalue weighted by Gasteiger charge is -2.31. The molecule has 0 bridgehead atoms. The number of sulfonamides is 1. The van der Waals surface area contributed by atoms with Gasteiger partial charge in [-0.1, -0.05) is 41.4 Å². The molecule has 1 heterocycles. The van der Waals surface area contributed by atoms with Crippen molar-refractivity contribution in [1.82, 2.24) is 9.62 Å². The maximum atomic E-state index is 12.8. The van der Waals surface area contributed by atoms with E-state index in [0.717, 1.165) is 17.5 Å². The molecule has 1 fully saturated rings. The molecule has 0 aromatic heterocycles. The van der Waals surface area contributed by atoms with Gasteiger partial charge in [0.05, 0.1) is 4.90 Å². The van der Waals surface area contributed by atoms with Gasteiger partial charge in [-0.05, 0) is 61.9 Å². The monoisotopic (exact) mass is 434 g/mol. The van der Waals surface area contributed by atoms with Gasteiger partial charge in [0, 0.05) is 31.1 Å². The number of nitrogens with one attached hydrogen (secondary N) is 1. The first-order chi connectivity index (χ1) is 13.8. The molecule has 0 spiro atoms. The van der Waals surface area contributed by atoms with E-state index in [9.17, 15) is 13.2 Å². The van der Waals surface area contributed by atoms with Gasteiger partial charge in [-0.25, -0.2) is 8.42 Å². The number of hydrogen-bond donors (Lipinski definition) is 1. The van der Waals surface area contributed by atoms with Gasteiger partial charge < -0.3 is 5.32 Å². The number of halogens is 1. The van der Waals surface area contributed by atoms with Gasteiger partial charge in [0.1, 0.15) is 0 Å². The van der Waals surface area contributed by atoms with Crippen molar-refractivity contribution in [1.29, 1.82) is 0 Å². The second-order valence-corrected chi connectivity index (χ2v) is 9.97. The lowest BCUT2D eigenvalue weighted by atomic mass is 9.94. The number of carbonyl (C=O) groups is 1. The minimum atomic E-state index is -3.46. The molecule has 1 saturated heterocycles. The predicted molar refractivity (Wildman–Crippen MR) is 115 cm³/mol. The maximum Gasteiger partial charge on any atom is 0.243 e. The summed E-state index contributed by atoms with van der Waals surface area (Å²) < 4.78 is 27.1. The molecule has 1 aliphatic rings. The van der Waals surface area contributed by atoms with Crippen molar-refractivity contribution < 1.29 is 13.2 Å². The molecule has 7 heteroatoms. The molecule has 2 aromatic carbocycles. The van der Waals surface area contributed by atoms with E-state index in [0.29, 0.717) is 48.8 Å². The Morgan fingerprint density at radius 3 is 2.31 bits per heavy atom. The Bertz CT molecular complexity index is 920. The summed E-state index contributed by atoms with van der Waals surface area (Å²) in [5.41, 5.74) is 2.16. The van der Waals surface area contributed by atoms with Gasteiger partial charge in [-0.3, -0.25) is 4.79 Å². The minimum Gasteiger partial charge on any atom is -0.356 e. The number of piperidine rings is 1. The van der Waals surface area contributed by atoms with E-state index >= 15 is 0 Å². The van der Waals surface area contributed by atoms with Crippen molar-refractivity contribution in [3.8, 4) is 0 Å². The van der Waals surface area contributed by atoms with E-state index in [1.807, 2.05) is 43.3 Å². The average molecular weight is 435 g/mol. The molecule has 2 aromatic rings. The normalized spacial score (nSPS) is 15.9. The third kappa shape index (κ3) is 6.04. The third-order valence-corrected chi connectivity index (χ3v) is 7.52. The molecule has 0 atom stereocenters. The van der Waals surface area contributed by atoms with Crippen molar-refractivity contribution >= 4 is 27.5 Å². The third-order valence-electron chi connectivity index (χ3n) is 5.36. The highest BCUT2D eigenvalue weighted by Gasteiger charge is 2.30. The quantitative estimate of drug-likeness (QED) is 0.720. The van der Waals surface area contributed by atoms with Crippen LogP contribution in [0.4, 0.5) is 0 Å². The number of aryl methyl sites for hydroxylation is 1. The van der Waals surface area contributed by atoms with Crippen molar-refractivity contribution in [2.24, 2.45) is 5.92 Å². The van der Waals surface area contributed by atoms with E-state index in [4.69, 9.17) is 11.6 Å². The van der Waals surface area contributed by atoms with E-state index in [-0.39, 0.29) is 11.8 Å². The summed E-state index contributed by atoms with van der Waals surface area (Å²) in [6.07, 6.45) is 2.61. The first kappa shape index (κ1) is 21.8. The molecule has 0 unspecified atom stereocenters. The zero-order valence-corrected chi connectivity index (χ0v) is 18.2. The zero-order chi connectivity index (χ0) is 20.9. The fraction of sp³-hybridized carbons (Fsp3) is 0.409.